The summed E-state index contributed by atoms with van der Waals surface area (Å²) in [6.45, 7) is 2.40. The van der Waals surface area contributed by atoms with Gasteiger partial charge in [-0.05, 0) is 6.92 Å². The maximum absolute atomic E-state index is 10.7. The molecule has 96 valence electrons. The molecule has 18 heavy (non-hydrogen) atoms. The van der Waals surface area contributed by atoms with E-state index in [9.17, 15) is 4.79 Å². The van der Waals surface area contributed by atoms with Crippen molar-refractivity contribution in [2.45, 2.75) is 13.5 Å². The van der Waals surface area contributed by atoms with Crippen molar-refractivity contribution in [2.24, 2.45) is 0 Å². The van der Waals surface area contributed by atoms with Gasteiger partial charge in [0.2, 0.25) is 0 Å². The Morgan fingerprint density at radius 2 is 2.33 bits per heavy atom. The van der Waals surface area contributed by atoms with Gasteiger partial charge >= 0.3 is 5.97 Å². The minimum atomic E-state index is -0.912. The third-order valence-corrected chi connectivity index (χ3v) is 2.28. The number of hydrogen-bond donors (Lipinski definition) is 1. The number of hydrogen-bond acceptors (Lipinski definition) is 4. The van der Waals surface area contributed by atoms with Gasteiger partial charge in [0, 0.05) is 24.4 Å². The summed E-state index contributed by atoms with van der Waals surface area (Å²) in [5.74, 6) is 2.23. The van der Waals surface area contributed by atoms with Crippen LogP contribution in [0.4, 0.5) is 0 Å². The van der Waals surface area contributed by atoms with Crippen LogP contribution in [0.15, 0.2) is 12.1 Å². The lowest BCUT2D eigenvalue weighted by Crippen LogP contribution is -2.30. The SMILES string of the molecule is C#CCN(CC(=O)O)Cc1cc(OC)cc(C)n1. The Balaban J connectivity index is 2.82. The molecule has 0 fully saturated rings. The van der Waals surface area contributed by atoms with E-state index in [-0.39, 0.29) is 13.1 Å². The lowest BCUT2D eigenvalue weighted by atomic mass is 10.2. The summed E-state index contributed by atoms with van der Waals surface area (Å²) < 4.78 is 5.14. The molecular formula is C13H16N2O3. The molecule has 1 aromatic rings. The average Bonchev–Trinajstić information content (AvgIpc) is 2.27. The summed E-state index contributed by atoms with van der Waals surface area (Å²) in [4.78, 5) is 16.7. The van der Waals surface area contributed by atoms with E-state index in [1.807, 2.05) is 13.0 Å². The second-order valence-electron chi connectivity index (χ2n) is 3.88. The lowest BCUT2D eigenvalue weighted by molar-refractivity contribution is -0.138. The van der Waals surface area contributed by atoms with Gasteiger partial charge in [-0.2, -0.15) is 0 Å². The van der Waals surface area contributed by atoms with Gasteiger partial charge < -0.3 is 9.84 Å². The van der Waals surface area contributed by atoms with Crippen molar-refractivity contribution in [3.63, 3.8) is 0 Å². The van der Waals surface area contributed by atoms with E-state index in [1.54, 1.807) is 18.1 Å². The van der Waals surface area contributed by atoms with Crippen molar-refractivity contribution >= 4 is 5.97 Å². The van der Waals surface area contributed by atoms with E-state index in [0.29, 0.717) is 12.3 Å². The maximum atomic E-state index is 10.7. The summed E-state index contributed by atoms with van der Waals surface area (Å²) in [7, 11) is 1.58. The van der Waals surface area contributed by atoms with Crippen molar-refractivity contribution in [1.29, 1.82) is 0 Å². The Hall–Kier alpha value is -2.06. The second kappa shape index (κ2) is 6.62. The van der Waals surface area contributed by atoms with Gasteiger partial charge in [0.1, 0.15) is 5.75 Å². The Kier molecular flexibility index (Phi) is 5.15. The molecule has 0 radical (unpaired) electrons. The fraction of sp³-hybridized carbons (Fsp3) is 0.385. The smallest absolute Gasteiger partial charge is 0.317 e. The number of pyridine rings is 1. The first kappa shape index (κ1) is 14.0. The highest BCUT2D eigenvalue weighted by Gasteiger charge is 2.11. The molecule has 1 N–H and O–H groups in total. The molecule has 5 heteroatoms. The maximum Gasteiger partial charge on any atom is 0.317 e. The van der Waals surface area contributed by atoms with E-state index in [0.717, 1.165) is 11.4 Å². The van der Waals surface area contributed by atoms with Crippen LogP contribution < -0.4 is 4.74 Å². The molecule has 0 amide bonds. The first-order valence-electron chi connectivity index (χ1n) is 5.44. The fourth-order valence-electron chi connectivity index (χ4n) is 1.62. The Morgan fingerprint density at radius 1 is 1.61 bits per heavy atom. The minimum Gasteiger partial charge on any atom is -0.497 e. The first-order chi connectivity index (χ1) is 8.55. The van der Waals surface area contributed by atoms with Crippen molar-refractivity contribution < 1.29 is 14.6 Å². The Labute approximate surface area is 106 Å². The second-order valence-corrected chi connectivity index (χ2v) is 3.88. The number of carbonyl (C=O) groups is 1. The molecule has 0 bridgehead atoms. The molecule has 0 atom stereocenters. The van der Waals surface area contributed by atoms with Crippen LogP contribution in [0, 0.1) is 19.3 Å². The molecule has 0 spiro atoms. The van der Waals surface area contributed by atoms with Crippen LogP contribution in [0.2, 0.25) is 0 Å². The highest BCUT2D eigenvalue weighted by Crippen LogP contribution is 2.14. The molecule has 5 nitrogen and oxygen atoms in total. The lowest BCUT2D eigenvalue weighted by Gasteiger charge is -2.17. The summed E-state index contributed by atoms with van der Waals surface area (Å²) in [5, 5.41) is 8.79. The number of terminal acetylenes is 1. The van der Waals surface area contributed by atoms with Crippen LogP contribution in [0.3, 0.4) is 0 Å². The molecule has 0 aromatic carbocycles. The first-order valence-corrected chi connectivity index (χ1v) is 5.44. The highest BCUT2D eigenvalue weighted by atomic mass is 16.5. The number of ether oxygens (including phenoxy) is 1. The zero-order chi connectivity index (χ0) is 13.5. The molecule has 0 aliphatic rings. The molecular weight excluding hydrogens is 232 g/mol. The van der Waals surface area contributed by atoms with Gasteiger partial charge in [-0.1, -0.05) is 5.92 Å². The van der Waals surface area contributed by atoms with Gasteiger partial charge in [0.25, 0.3) is 0 Å². The average molecular weight is 248 g/mol. The Bertz CT molecular complexity index is 466. The number of aryl methyl sites for hydroxylation is 1. The van der Waals surface area contributed by atoms with E-state index in [4.69, 9.17) is 16.3 Å². The topological polar surface area (TPSA) is 62.7 Å². The van der Waals surface area contributed by atoms with Crippen molar-refractivity contribution in [2.75, 3.05) is 20.2 Å². The zero-order valence-electron chi connectivity index (χ0n) is 10.5. The number of aromatic nitrogens is 1. The number of nitrogens with zero attached hydrogens (tertiary/aromatic N) is 2. The van der Waals surface area contributed by atoms with Gasteiger partial charge in [0.05, 0.1) is 25.9 Å². The number of methoxy groups -OCH3 is 1. The number of carboxylic acid groups (broad SMARTS) is 1. The predicted octanol–water partition coefficient (Wildman–Crippen LogP) is 0.918. The van der Waals surface area contributed by atoms with E-state index < -0.39 is 5.97 Å². The fourth-order valence-corrected chi connectivity index (χ4v) is 1.62. The molecule has 1 rings (SSSR count). The zero-order valence-corrected chi connectivity index (χ0v) is 10.5. The van der Waals surface area contributed by atoms with E-state index in [1.165, 1.54) is 0 Å². The third kappa shape index (κ3) is 4.44. The standard InChI is InChI=1S/C13H16N2O3/c1-4-5-15(9-13(16)17)8-11-7-12(18-3)6-10(2)14-11/h1,6-7H,5,8-9H2,2-3H3,(H,16,17). The summed E-state index contributed by atoms with van der Waals surface area (Å²) in [6.07, 6.45) is 5.22. The van der Waals surface area contributed by atoms with Gasteiger partial charge in [-0.25, -0.2) is 0 Å². The molecule has 0 unspecified atom stereocenters. The molecule has 0 aliphatic carbocycles. The van der Waals surface area contributed by atoms with Crippen molar-refractivity contribution in [3.8, 4) is 18.1 Å². The normalized spacial score (nSPS) is 10.1. The summed E-state index contributed by atoms with van der Waals surface area (Å²) >= 11 is 0. The predicted molar refractivity (Wildman–Crippen MR) is 67.3 cm³/mol. The Morgan fingerprint density at radius 3 is 2.89 bits per heavy atom. The van der Waals surface area contributed by atoms with Gasteiger partial charge in [0.15, 0.2) is 0 Å². The number of carboxylic acids is 1. The highest BCUT2D eigenvalue weighted by molar-refractivity contribution is 5.69. The quantitative estimate of drug-likeness (QED) is 0.758. The minimum absolute atomic E-state index is 0.109. The summed E-state index contributed by atoms with van der Waals surface area (Å²) in [6, 6.07) is 3.59. The van der Waals surface area contributed by atoms with Crippen molar-refractivity contribution in [3.05, 3.63) is 23.5 Å². The molecule has 1 aromatic heterocycles. The number of aliphatic carboxylic acids is 1. The van der Waals surface area contributed by atoms with E-state index in [2.05, 4.69) is 10.9 Å². The van der Waals surface area contributed by atoms with Crippen LogP contribution >= 0.6 is 0 Å². The van der Waals surface area contributed by atoms with E-state index >= 15 is 0 Å². The van der Waals surface area contributed by atoms with Crippen LogP contribution in [0.25, 0.3) is 0 Å². The molecule has 0 saturated heterocycles. The molecule has 1 heterocycles. The molecule has 0 aliphatic heterocycles. The number of rotatable bonds is 6. The van der Waals surface area contributed by atoms with Gasteiger partial charge in [-0.3, -0.25) is 14.7 Å². The van der Waals surface area contributed by atoms with Crippen LogP contribution in [-0.4, -0.2) is 41.2 Å². The van der Waals surface area contributed by atoms with Crippen LogP contribution in [0.5, 0.6) is 5.75 Å². The van der Waals surface area contributed by atoms with Crippen molar-refractivity contribution in [1.82, 2.24) is 9.88 Å². The molecule has 0 saturated carbocycles. The largest absolute Gasteiger partial charge is 0.497 e. The third-order valence-electron chi connectivity index (χ3n) is 2.28. The van der Waals surface area contributed by atoms with Gasteiger partial charge in [-0.15, -0.1) is 6.42 Å². The summed E-state index contributed by atoms with van der Waals surface area (Å²) in [5.41, 5.74) is 1.56. The van der Waals surface area contributed by atoms with Crippen LogP contribution in [-0.2, 0) is 11.3 Å². The van der Waals surface area contributed by atoms with Crippen LogP contribution in [0.1, 0.15) is 11.4 Å². The monoisotopic (exact) mass is 248 g/mol.